The Morgan fingerprint density at radius 3 is 2.68 bits per heavy atom. The minimum Gasteiger partial charge on any atom is -0.317 e. The summed E-state index contributed by atoms with van der Waals surface area (Å²) in [7, 11) is 0. The fourth-order valence-electron chi connectivity index (χ4n) is 1.93. The van der Waals surface area contributed by atoms with Crippen LogP contribution in [0.3, 0.4) is 0 Å². The summed E-state index contributed by atoms with van der Waals surface area (Å²) >= 11 is 13.3. The van der Waals surface area contributed by atoms with Crippen molar-refractivity contribution in [1.29, 1.82) is 0 Å². The van der Waals surface area contributed by atoms with E-state index in [0.717, 1.165) is 51.4 Å². The van der Waals surface area contributed by atoms with Gasteiger partial charge in [0.05, 0.1) is 6.54 Å². The molecular weight excluding hydrogens is 391 g/mol. The van der Waals surface area contributed by atoms with Gasteiger partial charge < -0.3 is 4.57 Å². The van der Waals surface area contributed by atoms with Crippen LogP contribution in [-0.4, -0.2) is 9.55 Å². The van der Waals surface area contributed by atoms with Gasteiger partial charge >= 0.3 is 0 Å². The van der Waals surface area contributed by atoms with E-state index >= 15 is 0 Å². The van der Waals surface area contributed by atoms with Crippen LogP contribution >= 0.6 is 43.5 Å². The van der Waals surface area contributed by atoms with Crippen LogP contribution in [0.2, 0.25) is 5.02 Å². The number of hydrogen-bond donors (Lipinski definition) is 0. The van der Waals surface area contributed by atoms with Crippen LogP contribution in [0.5, 0.6) is 0 Å². The quantitative estimate of drug-likeness (QED) is 0.645. The van der Waals surface area contributed by atoms with E-state index in [-0.39, 0.29) is 0 Å². The molecular formula is C14H15Br2ClN2. The molecule has 0 spiro atoms. The standard InChI is InChI=1S/C14H15Br2ClN2/c1-2-3-8-12-18-13(15)14(16)19(12)9-10-6-4-5-7-11(10)17/h4-7H,2-3,8-9H2,1H3. The van der Waals surface area contributed by atoms with Gasteiger partial charge in [0.2, 0.25) is 0 Å². The molecule has 0 N–H and O–H groups in total. The highest BCUT2D eigenvalue weighted by atomic mass is 79.9. The zero-order valence-electron chi connectivity index (χ0n) is 10.7. The van der Waals surface area contributed by atoms with Gasteiger partial charge in [-0.05, 0) is 49.9 Å². The number of benzene rings is 1. The smallest absolute Gasteiger partial charge is 0.139 e. The molecule has 0 saturated carbocycles. The Hall–Kier alpha value is -0.320. The summed E-state index contributed by atoms with van der Waals surface area (Å²) in [5, 5.41) is 0.792. The summed E-state index contributed by atoms with van der Waals surface area (Å²) in [4.78, 5) is 4.56. The molecule has 0 atom stereocenters. The Kier molecular flexibility index (Phi) is 5.48. The second kappa shape index (κ2) is 6.91. The predicted molar refractivity (Wildman–Crippen MR) is 86.8 cm³/mol. The van der Waals surface area contributed by atoms with Crippen molar-refractivity contribution in [3.05, 3.63) is 49.9 Å². The van der Waals surface area contributed by atoms with Gasteiger partial charge in [-0.25, -0.2) is 4.98 Å². The highest BCUT2D eigenvalue weighted by Crippen LogP contribution is 2.27. The van der Waals surface area contributed by atoms with E-state index in [1.54, 1.807) is 0 Å². The number of nitrogens with zero attached hydrogens (tertiary/aromatic N) is 2. The first-order valence-corrected chi connectivity index (χ1v) is 8.23. The van der Waals surface area contributed by atoms with Crippen molar-refractivity contribution in [2.75, 3.05) is 0 Å². The Balaban J connectivity index is 2.31. The maximum Gasteiger partial charge on any atom is 0.139 e. The van der Waals surface area contributed by atoms with E-state index in [9.17, 15) is 0 Å². The van der Waals surface area contributed by atoms with Crippen molar-refractivity contribution in [3.8, 4) is 0 Å². The molecule has 2 nitrogen and oxygen atoms in total. The molecule has 1 aromatic heterocycles. The summed E-state index contributed by atoms with van der Waals surface area (Å²) in [6.45, 7) is 2.92. The number of unbranched alkanes of at least 4 members (excludes halogenated alkanes) is 1. The van der Waals surface area contributed by atoms with E-state index in [2.05, 4.69) is 48.3 Å². The number of imidazole rings is 1. The van der Waals surface area contributed by atoms with Crippen LogP contribution in [0.15, 0.2) is 33.5 Å². The minimum absolute atomic E-state index is 0.734. The molecule has 102 valence electrons. The van der Waals surface area contributed by atoms with Crippen LogP contribution in [-0.2, 0) is 13.0 Å². The maximum absolute atomic E-state index is 6.23. The molecule has 0 radical (unpaired) electrons. The number of hydrogen-bond acceptors (Lipinski definition) is 1. The fraction of sp³-hybridized carbons (Fsp3) is 0.357. The van der Waals surface area contributed by atoms with E-state index in [1.807, 2.05) is 24.3 Å². The summed E-state index contributed by atoms with van der Waals surface area (Å²) in [6.07, 6.45) is 3.28. The molecule has 0 aliphatic carbocycles. The number of aromatic nitrogens is 2. The zero-order valence-corrected chi connectivity index (χ0v) is 14.6. The van der Waals surface area contributed by atoms with Gasteiger partial charge in [-0.15, -0.1) is 0 Å². The topological polar surface area (TPSA) is 17.8 Å². The minimum atomic E-state index is 0.734. The molecule has 19 heavy (non-hydrogen) atoms. The maximum atomic E-state index is 6.23. The van der Waals surface area contributed by atoms with Crippen molar-refractivity contribution >= 4 is 43.5 Å². The zero-order chi connectivity index (χ0) is 13.8. The number of halogens is 3. The van der Waals surface area contributed by atoms with Crippen molar-refractivity contribution < 1.29 is 0 Å². The lowest BCUT2D eigenvalue weighted by Crippen LogP contribution is -2.06. The van der Waals surface area contributed by atoms with Crippen molar-refractivity contribution in [2.45, 2.75) is 32.7 Å². The second-order valence-electron chi connectivity index (χ2n) is 4.39. The van der Waals surface area contributed by atoms with Gasteiger partial charge in [0, 0.05) is 11.4 Å². The Morgan fingerprint density at radius 2 is 2.00 bits per heavy atom. The average molecular weight is 407 g/mol. The van der Waals surface area contributed by atoms with E-state index < -0.39 is 0 Å². The Labute approximate surface area is 135 Å². The van der Waals surface area contributed by atoms with Crippen molar-refractivity contribution in [2.24, 2.45) is 0 Å². The molecule has 0 aliphatic rings. The molecule has 2 rings (SSSR count). The monoisotopic (exact) mass is 404 g/mol. The van der Waals surface area contributed by atoms with E-state index in [1.165, 1.54) is 0 Å². The van der Waals surface area contributed by atoms with Crippen molar-refractivity contribution in [1.82, 2.24) is 9.55 Å². The third kappa shape index (κ3) is 3.61. The molecule has 5 heteroatoms. The van der Waals surface area contributed by atoms with E-state index in [4.69, 9.17) is 11.6 Å². The first-order chi connectivity index (χ1) is 9.13. The van der Waals surface area contributed by atoms with Crippen LogP contribution < -0.4 is 0 Å². The van der Waals surface area contributed by atoms with Gasteiger partial charge in [-0.2, -0.15) is 0 Å². The van der Waals surface area contributed by atoms with E-state index in [0.29, 0.717) is 0 Å². The predicted octanol–water partition coefficient (Wildman–Crippen LogP) is 5.45. The summed E-state index contributed by atoms with van der Waals surface area (Å²) < 4.78 is 3.99. The molecule has 0 bridgehead atoms. The fourth-order valence-corrected chi connectivity index (χ4v) is 2.96. The number of rotatable bonds is 5. The molecule has 0 aliphatic heterocycles. The van der Waals surface area contributed by atoms with Crippen molar-refractivity contribution in [3.63, 3.8) is 0 Å². The summed E-state index contributed by atoms with van der Waals surface area (Å²) in [5.41, 5.74) is 1.10. The lowest BCUT2D eigenvalue weighted by atomic mass is 10.2. The lowest BCUT2D eigenvalue weighted by Gasteiger charge is -2.10. The third-order valence-electron chi connectivity index (χ3n) is 2.99. The molecule has 0 fully saturated rings. The summed E-state index contributed by atoms with van der Waals surface area (Å²) in [5.74, 6) is 1.08. The second-order valence-corrected chi connectivity index (χ2v) is 6.30. The average Bonchev–Trinajstić information content (AvgIpc) is 2.66. The Morgan fingerprint density at radius 1 is 1.26 bits per heavy atom. The third-order valence-corrected chi connectivity index (χ3v) is 5.24. The largest absolute Gasteiger partial charge is 0.317 e. The lowest BCUT2D eigenvalue weighted by molar-refractivity contribution is 0.670. The van der Waals surface area contributed by atoms with Crippen LogP contribution in [0.25, 0.3) is 0 Å². The van der Waals surface area contributed by atoms with Gasteiger partial charge in [0.1, 0.15) is 15.0 Å². The van der Waals surface area contributed by atoms with Crippen LogP contribution in [0.1, 0.15) is 31.2 Å². The highest BCUT2D eigenvalue weighted by Gasteiger charge is 2.14. The van der Waals surface area contributed by atoms with Gasteiger partial charge in [0.15, 0.2) is 0 Å². The van der Waals surface area contributed by atoms with Gasteiger partial charge in [-0.1, -0.05) is 43.1 Å². The normalized spacial score (nSPS) is 10.9. The van der Waals surface area contributed by atoms with Gasteiger partial charge in [-0.3, -0.25) is 0 Å². The summed E-state index contributed by atoms with van der Waals surface area (Å²) in [6, 6.07) is 7.92. The molecule has 1 aromatic carbocycles. The number of aryl methyl sites for hydroxylation is 1. The SMILES string of the molecule is CCCCc1nc(Br)c(Br)n1Cc1ccccc1Cl. The first kappa shape index (κ1) is 15.1. The molecule has 1 heterocycles. The molecule has 0 saturated heterocycles. The highest BCUT2D eigenvalue weighted by molar-refractivity contribution is 9.13. The molecule has 0 unspecified atom stereocenters. The van der Waals surface area contributed by atoms with Crippen LogP contribution in [0.4, 0.5) is 0 Å². The first-order valence-electron chi connectivity index (χ1n) is 6.27. The van der Waals surface area contributed by atoms with Crippen LogP contribution in [0, 0.1) is 0 Å². The van der Waals surface area contributed by atoms with Gasteiger partial charge in [0.25, 0.3) is 0 Å². The Bertz CT molecular complexity index is 567. The molecule has 2 aromatic rings. The molecule has 0 amide bonds.